The van der Waals surface area contributed by atoms with E-state index in [0.29, 0.717) is 12.8 Å². The highest BCUT2D eigenvalue weighted by molar-refractivity contribution is 5.87. The zero-order valence-corrected chi connectivity index (χ0v) is 15.4. The lowest BCUT2D eigenvalue weighted by Crippen LogP contribution is -2.36. The molecule has 1 atom stereocenters. The fourth-order valence-electron chi connectivity index (χ4n) is 2.81. The van der Waals surface area contributed by atoms with Crippen molar-refractivity contribution in [3.63, 3.8) is 0 Å². The molecule has 5 heteroatoms. The van der Waals surface area contributed by atoms with Crippen LogP contribution in [-0.4, -0.2) is 42.1 Å². The minimum atomic E-state index is -0.947. The van der Waals surface area contributed by atoms with Gasteiger partial charge in [-0.3, -0.25) is 4.79 Å². The molecule has 26 heavy (non-hydrogen) atoms. The number of nitrogens with zero attached hydrogens (tertiary/aromatic N) is 1. The first kappa shape index (κ1) is 19.5. The van der Waals surface area contributed by atoms with E-state index in [1.165, 1.54) is 0 Å². The number of aryl methyl sites for hydroxylation is 1. The summed E-state index contributed by atoms with van der Waals surface area (Å²) in [5.74, 6) is -0.0500. The molecule has 0 fully saturated rings. The summed E-state index contributed by atoms with van der Waals surface area (Å²) in [7, 11) is 3.46. The quantitative estimate of drug-likeness (QED) is 0.788. The maximum atomic E-state index is 12.5. The summed E-state index contributed by atoms with van der Waals surface area (Å²) in [6.07, 6.45) is 1.70. The summed E-state index contributed by atoms with van der Waals surface area (Å²) in [4.78, 5) is 25.1. The Morgan fingerprint density at radius 3 is 2.38 bits per heavy atom. The molecule has 0 saturated carbocycles. The molecule has 0 aliphatic rings. The first-order chi connectivity index (χ1) is 12.4. The molecule has 0 radical (unpaired) electrons. The molecule has 2 aromatic carbocycles. The van der Waals surface area contributed by atoms with Gasteiger partial charge in [-0.25, -0.2) is 4.79 Å². The molecule has 0 saturated heterocycles. The van der Waals surface area contributed by atoms with Gasteiger partial charge in [0.2, 0.25) is 5.91 Å². The largest absolute Gasteiger partial charge is 0.496 e. The summed E-state index contributed by atoms with van der Waals surface area (Å²) in [6, 6.07) is 14.5. The van der Waals surface area contributed by atoms with Crippen LogP contribution >= 0.6 is 0 Å². The zero-order valence-electron chi connectivity index (χ0n) is 15.4. The second kappa shape index (κ2) is 9.04. The Bertz CT molecular complexity index is 755. The Kier molecular flexibility index (Phi) is 6.78. The molecule has 1 N–H and O–H groups in total. The molecule has 0 aliphatic carbocycles. The van der Waals surface area contributed by atoms with Gasteiger partial charge in [-0.15, -0.1) is 0 Å². The van der Waals surface area contributed by atoms with E-state index in [1.807, 2.05) is 38.2 Å². The number of methoxy groups -OCH3 is 1. The van der Waals surface area contributed by atoms with E-state index in [0.717, 1.165) is 23.3 Å². The highest BCUT2D eigenvalue weighted by Gasteiger charge is 2.17. The predicted molar refractivity (Wildman–Crippen MR) is 101 cm³/mol. The third kappa shape index (κ3) is 5.09. The van der Waals surface area contributed by atoms with E-state index in [1.54, 1.807) is 36.3 Å². The van der Waals surface area contributed by atoms with Crippen molar-refractivity contribution >= 4 is 11.9 Å². The van der Waals surface area contributed by atoms with Gasteiger partial charge in [0.15, 0.2) is 0 Å². The Balaban J connectivity index is 1.90. The van der Waals surface area contributed by atoms with Crippen LogP contribution in [0.5, 0.6) is 5.75 Å². The number of carboxylic acids is 1. The van der Waals surface area contributed by atoms with Gasteiger partial charge in [-0.2, -0.15) is 0 Å². The lowest BCUT2D eigenvalue weighted by atomic mass is 10.0. The Morgan fingerprint density at radius 2 is 1.77 bits per heavy atom. The number of hydrogen-bond donors (Lipinski definition) is 1. The minimum absolute atomic E-state index is 0.0492. The van der Waals surface area contributed by atoms with Gasteiger partial charge >= 0.3 is 5.97 Å². The summed E-state index contributed by atoms with van der Waals surface area (Å²) < 4.78 is 5.37. The highest BCUT2D eigenvalue weighted by Crippen LogP contribution is 2.20. The van der Waals surface area contributed by atoms with Crippen LogP contribution in [0, 0.1) is 0 Å². The smallest absolute Gasteiger partial charge is 0.335 e. The zero-order chi connectivity index (χ0) is 19.1. The number of aromatic carboxylic acids is 1. The number of para-hydroxylation sites is 1. The van der Waals surface area contributed by atoms with Crippen molar-refractivity contribution in [3.05, 3.63) is 65.2 Å². The van der Waals surface area contributed by atoms with Crippen molar-refractivity contribution in [1.82, 2.24) is 4.90 Å². The van der Waals surface area contributed by atoms with Crippen molar-refractivity contribution < 1.29 is 19.4 Å². The van der Waals surface area contributed by atoms with Gasteiger partial charge in [0.25, 0.3) is 0 Å². The van der Waals surface area contributed by atoms with Crippen LogP contribution in [0.1, 0.15) is 34.8 Å². The number of ether oxygens (including phenoxy) is 1. The van der Waals surface area contributed by atoms with Crippen LogP contribution in [0.2, 0.25) is 0 Å². The van der Waals surface area contributed by atoms with Crippen LogP contribution in [0.15, 0.2) is 48.5 Å². The molecular weight excluding hydrogens is 330 g/mol. The first-order valence-corrected chi connectivity index (χ1v) is 8.62. The average molecular weight is 355 g/mol. The van der Waals surface area contributed by atoms with Crippen LogP contribution < -0.4 is 4.74 Å². The van der Waals surface area contributed by atoms with Crippen molar-refractivity contribution in [1.29, 1.82) is 0 Å². The molecule has 0 bridgehead atoms. The molecule has 2 rings (SSSR count). The third-order valence-corrected chi connectivity index (χ3v) is 4.59. The van der Waals surface area contributed by atoms with E-state index >= 15 is 0 Å². The summed E-state index contributed by atoms with van der Waals surface area (Å²) in [6.45, 7) is 2.02. The summed E-state index contributed by atoms with van der Waals surface area (Å²) in [5.41, 5.74) is 2.28. The van der Waals surface area contributed by atoms with E-state index in [2.05, 4.69) is 0 Å². The van der Waals surface area contributed by atoms with Crippen molar-refractivity contribution in [2.75, 3.05) is 14.2 Å². The predicted octanol–water partition coefficient (Wildman–Crippen LogP) is 3.42. The number of amides is 1. The number of hydrogen-bond acceptors (Lipinski definition) is 3. The maximum Gasteiger partial charge on any atom is 0.335 e. The second-order valence-corrected chi connectivity index (χ2v) is 6.37. The average Bonchev–Trinajstić information content (AvgIpc) is 2.66. The van der Waals surface area contributed by atoms with E-state index < -0.39 is 5.97 Å². The van der Waals surface area contributed by atoms with Gasteiger partial charge in [-0.1, -0.05) is 30.3 Å². The Labute approximate surface area is 154 Å². The number of rotatable bonds is 8. The van der Waals surface area contributed by atoms with Crippen molar-refractivity contribution in [3.8, 4) is 5.75 Å². The number of benzene rings is 2. The number of likely N-dealkylation sites (N-methyl/N-ethyl adjacent to an activating group) is 1. The lowest BCUT2D eigenvalue weighted by molar-refractivity contribution is -0.131. The third-order valence-electron chi connectivity index (χ3n) is 4.59. The molecule has 5 nitrogen and oxygen atoms in total. The van der Waals surface area contributed by atoms with Crippen molar-refractivity contribution in [2.45, 2.75) is 32.2 Å². The summed E-state index contributed by atoms with van der Waals surface area (Å²) >= 11 is 0. The topological polar surface area (TPSA) is 66.8 Å². The lowest BCUT2D eigenvalue weighted by Gasteiger charge is -2.26. The van der Waals surface area contributed by atoms with E-state index in [9.17, 15) is 9.59 Å². The van der Waals surface area contributed by atoms with Crippen LogP contribution in [-0.2, 0) is 17.6 Å². The normalized spacial score (nSPS) is 11.7. The highest BCUT2D eigenvalue weighted by atomic mass is 16.5. The van der Waals surface area contributed by atoms with Crippen molar-refractivity contribution in [2.24, 2.45) is 0 Å². The number of carbonyl (C=O) groups excluding carboxylic acids is 1. The fraction of sp³-hybridized carbons (Fsp3) is 0.333. The monoisotopic (exact) mass is 355 g/mol. The molecular formula is C21H25NO4. The van der Waals surface area contributed by atoms with Crippen LogP contribution in [0.25, 0.3) is 0 Å². The number of carboxylic acid groups (broad SMARTS) is 1. The van der Waals surface area contributed by atoms with Gasteiger partial charge in [-0.05, 0) is 49.1 Å². The van der Waals surface area contributed by atoms with Crippen LogP contribution in [0.4, 0.5) is 0 Å². The fourth-order valence-corrected chi connectivity index (χ4v) is 2.81. The SMILES string of the molecule is COc1ccccc1CC(C)N(C)C(=O)CCc1ccc(C(=O)O)cc1. The Morgan fingerprint density at radius 1 is 1.12 bits per heavy atom. The first-order valence-electron chi connectivity index (χ1n) is 8.62. The molecule has 138 valence electrons. The molecule has 2 aromatic rings. The van der Waals surface area contributed by atoms with Gasteiger partial charge in [0.1, 0.15) is 5.75 Å². The summed E-state index contributed by atoms with van der Waals surface area (Å²) in [5, 5.41) is 8.92. The molecule has 0 aliphatic heterocycles. The molecule has 0 heterocycles. The standard InChI is InChI=1S/C21H25NO4/c1-15(14-18-6-4-5-7-19(18)26-3)22(2)20(23)13-10-16-8-11-17(12-9-16)21(24)25/h4-9,11-12,15H,10,13-14H2,1-3H3,(H,24,25). The van der Waals surface area contributed by atoms with Gasteiger partial charge in [0.05, 0.1) is 12.7 Å². The van der Waals surface area contributed by atoms with E-state index in [4.69, 9.17) is 9.84 Å². The number of carbonyl (C=O) groups is 2. The maximum absolute atomic E-state index is 12.5. The van der Waals surface area contributed by atoms with Gasteiger partial charge in [0, 0.05) is 19.5 Å². The Hall–Kier alpha value is -2.82. The van der Waals surface area contributed by atoms with E-state index in [-0.39, 0.29) is 17.5 Å². The molecule has 0 spiro atoms. The molecule has 1 unspecified atom stereocenters. The molecule has 1 amide bonds. The molecule has 0 aromatic heterocycles. The second-order valence-electron chi connectivity index (χ2n) is 6.37. The van der Waals surface area contributed by atoms with Gasteiger partial charge < -0.3 is 14.7 Å². The minimum Gasteiger partial charge on any atom is -0.496 e. The van der Waals surface area contributed by atoms with Crippen LogP contribution in [0.3, 0.4) is 0 Å².